The Bertz CT molecular complexity index is 1420. The molecule has 0 aliphatic heterocycles. The number of nitrogens with zero attached hydrogens (tertiary/aromatic N) is 2. The lowest BCUT2D eigenvalue weighted by molar-refractivity contribution is 0.0981. The molecule has 0 unspecified atom stereocenters. The maximum Gasteiger partial charge on any atom is 0.264 e. The van der Waals surface area contributed by atoms with Gasteiger partial charge >= 0.3 is 0 Å². The van der Waals surface area contributed by atoms with E-state index in [2.05, 4.69) is 9.71 Å². The molecule has 4 rings (SSSR count). The van der Waals surface area contributed by atoms with Crippen LogP contribution in [0.2, 0.25) is 0 Å². The normalized spacial score (nSPS) is 11.1. The Hall–Kier alpha value is -3.89. The van der Waals surface area contributed by atoms with Crippen molar-refractivity contribution in [2.75, 3.05) is 18.6 Å². The molecule has 192 valence electrons. The van der Waals surface area contributed by atoms with E-state index in [1.165, 1.54) is 11.3 Å². The topological polar surface area (TPSA) is 97.8 Å². The molecule has 1 amide bonds. The van der Waals surface area contributed by atoms with Crippen molar-refractivity contribution in [3.63, 3.8) is 0 Å². The SMILES string of the molecule is CCOc1cc(N(Cc2cccnc2)c2ccc(C(=O)NS(=O)(=O)Cc3cccs3)cc2)ccc1OC. The Labute approximate surface area is 220 Å². The number of hydrogen-bond donors (Lipinski definition) is 1. The molecule has 2 aromatic carbocycles. The van der Waals surface area contributed by atoms with E-state index in [0.29, 0.717) is 29.5 Å². The molecule has 0 radical (unpaired) electrons. The summed E-state index contributed by atoms with van der Waals surface area (Å²) in [5, 5.41) is 1.79. The molecule has 10 heteroatoms. The summed E-state index contributed by atoms with van der Waals surface area (Å²) in [4.78, 5) is 19.6. The fraction of sp³-hybridized carbons (Fsp3) is 0.185. The number of hydrogen-bond acceptors (Lipinski definition) is 8. The van der Waals surface area contributed by atoms with E-state index < -0.39 is 15.9 Å². The van der Waals surface area contributed by atoms with Gasteiger partial charge in [-0.05, 0) is 66.4 Å². The Kier molecular flexibility index (Phi) is 8.42. The number of nitrogens with one attached hydrogen (secondary N) is 1. The standard InChI is InChI=1S/C27H27N3O5S2/c1-3-35-26-16-23(12-13-25(26)34-2)30(18-20-6-4-14-28-17-20)22-10-8-21(9-11-22)27(31)29-37(32,33)19-24-7-5-15-36-24/h4-17H,3,18-19H2,1-2H3,(H,29,31). The van der Waals surface area contributed by atoms with Crippen molar-refractivity contribution in [3.05, 3.63) is 101 Å². The van der Waals surface area contributed by atoms with E-state index >= 15 is 0 Å². The summed E-state index contributed by atoms with van der Waals surface area (Å²) in [6.45, 7) is 2.90. The van der Waals surface area contributed by atoms with Crippen LogP contribution < -0.4 is 19.1 Å². The molecule has 0 atom stereocenters. The molecule has 2 aromatic heterocycles. The van der Waals surface area contributed by atoms with E-state index in [1.807, 2.05) is 42.2 Å². The number of aromatic nitrogens is 1. The third-order valence-electron chi connectivity index (χ3n) is 5.42. The van der Waals surface area contributed by atoms with Crippen molar-refractivity contribution >= 4 is 38.6 Å². The van der Waals surface area contributed by atoms with Gasteiger partial charge in [-0.25, -0.2) is 13.1 Å². The highest BCUT2D eigenvalue weighted by atomic mass is 32.2. The highest BCUT2D eigenvalue weighted by Gasteiger charge is 2.19. The van der Waals surface area contributed by atoms with Crippen LogP contribution in [-0.4, -0.2) is 33.0 Å². The first-order valence-corrected chi connectivity index (χ1v) is 14.1. The molecule has 1 N–H and O–H groups in total. The van der Waals surface area contributed by atoms with Crippen molar-refractivity contribution in [3.8, 4) is 11.5 Å². The fourth-order valence-electron chi connectivity index (χ4n) is 3.72. The van der Waals surface area contributed by atoms with Crippen LogP contribution in [0, 0.1) is 0 Å². The molecule has 0 saturated heterocycles. The minimum Gasteiger partial charge on any atom is -0.493 e. The zero-order chi connectivity index (χ0) is 26.3. The van der Waals surface area contributed by atoms with Crippen LogP contribution in [0.3, 0.4) is 0 Å². The van der Waals surface area contributed by atoms with Gasteiger partial charge in [0, 0.05) is 46.8 Å². The number of ether oxygens (including phenoxy) is 2. The molecule has 37 heavy (non-hydrogen) atoms. The number of sulfonamides is 1. The average Bonchev–Trinajstić information content (AvgIpc) is 3.40. The van der Waals surface area contributed by atoms with Crippen LogP contribution in [0.1, 0.15) is 27.7 Å². The predicted molar refractivity (Wildman–Crippen MR) is 145 cm³/mol. The Balaban J connectivity index is 1.60. The summed E-state index contributed by atoms with van der Waals surface area (Å²) in [6, 6.07) is 19.8. The van der Waals surface area contributed by atoms with Crippen LogP contribution in [0.4, 0.5) is 11.4 Å². The largest absolute Gasteiger partial charge is 0.493 e. The molecule has 4 aromatic rings. The molecule has 0 aliphatic rings. The third-order valence-corrected chi connectivity index (χ3v) is 7.67. The monoisotopic (exact) mass is 537 g/mol. The van der Waals surface area contributed by atoms with Crippen molar-refractivity contribution in [1.82, 2.24) is 9.71 Å². The van der Waals surface area contributed by atoms with Crippen molar-refractivity contribution in [1.29, 1.82) is 0 Å². The number of amides is 1. The lowest BCUT2D eigenvalue weighted by Crippen LogP contribution is -2.31. The maximum absolute atomic E-state index is 12.7. The van der Waals surface area contributed by atoms with Gasteiger partial charge in [0.1, 0.15) is 5.75 Å². The van der Waals surface area contributed by atoms with Crippen molar-refractivity contribution in [2.24, 2.45) is 0 Å². The average molecular weight is 538 g/mol. The lowest BCUT2D eigenvalue weighted by atomic mass is 10.1. The van der Waals surface area contributed by atoms with Gasteiger partial charge in [-0.3, -0.25) is 9.78 Å². The third kappa shape index (κ3) is 6.87. The lowest BCUT2D eigenvalue weighted by Gasteiger charge is -2.26. The zero-order valence-electron chi connectivity index (χ0n) is 20.5. The van der Waals surface area contributed by atoms with Crippen LogP contribution in [-0.2, 0) is 22.3 Å². The molecule has 0 bridgehead atoms. The second-order valence-electron chi connectivity index (χ2n) is 8.03. The number of carbonyl (C=O) groups is 1. The molecular weight excluding hydrogens is 510 g/mol. The second kappa shape index (κ2) is 11.9. The Morgan fingerprint density at radius 1 is 1.03 bits per heavy atom. The number of pyridine rings is 1. The van der Waals surface area contributed by atoms with Gasteiger partial charge in [-0.15, -0.1) is 11.3 Å². The van der Waals surface area contributed by atoms with E-state index in [4.69, 9.17) is 9.47 Å². The highest BCUT2D eigenvalue weighted by Crippen LogP contribution is 2.36. The molecule has 0 fully saturated rings. The summed E-state index contributed by atoms with van der Waals surface area (Å²) < 4.78 is 38.2. The number of benzene rings is 2. The van der Waals surface area contributed by atoms with E-state index in [1.54, 1.807) is 61.3 Å². The van der Waals surface area contributed by atoms with Crippen LogP contribution in [0.5, 0.6) is 11.5 Å². The fourth-order valence-corrected chi connectivity index (χ4v) is 5.89. The van der Waals surface area contributed by atoms with E-state index in [9.17, 15) is 13.2 Å². The van der Waals surface area contributed by atoms with Gasteiger partial charge < -0.3 is 14.4 Å². The first-order valence-electron chi connectivity index (χ1n) is 11.5. The van der Waals surface area contributed by atoms with E-state index in [0.717, 1.165) is 16.9 Å². The summed E-state index contributed by atoms with van der Waals surface area (Å²) in [5.41, 5.74) is 2.88. The molecule has 8 nitrogen and oxygen atoms in total. The predicted octanol–water partition coefficient (Wildman–Crippen LogP) is 5.15. The van der Waals surface area contributed by atoms with Gasteiger partial charge in [0.2, 0.25) is 10.0 Å². The minimum atomic E-state index is -3.81. The smallest absolute Gasteiger partial charge is 0.264 e. The van der Waals surface area contributed by atoms with Gasteiger partial charge in [-0.1, -0.05) is 12.1 Å². The summed E-state index contributed by atoms with van der Waals surface area (Å²) in [6.07, 6.45) is 3.51. The first kappa shape index (κ1) is 26.2. The van der Waals surface area contributed by atoms with Gasteiger partial charge in [0.05, 0.1) is 13.7 Å². The Morgan fingerprint density at radius 3 is 2.46 bits per heavy atom. The second-order valence-corrected chi connectivity index (χ2v) is 10.8. The molecule has 0 aliphatic carbocycles. The van der Waals surface area contributed by atoms with Crippen molar-refractivity contribution in [2.45, 2.75) is 19.2 Å². The van der Waals surface area contributed by atoms with E-state index in [-0.39, 0.29) is 11.3 Å². The van der Waals surface area contributed by atoms with Crippen LogP contribution >= 0.6 is 11.3 Å². The number of thiophene rings is 1. The van der Waals surface area contributed by atoms with Crippen LogP contribution in [0.25, 0.3) is 0 Å². The minimum absolute atomic E-state index is 0.240. The Morgan fingerprint density at radius 2 is 1.81 bits per heavy atom. The molecule has 0 spiro atoms. The van der Waals surface area contributed by atoms with Gasteiger partial charge in [-0.2, -0.15) is 0 Å². The maximum atomic E-state index is 12.7. The van der Waals surface area contributed by atoms with Gasteiger partial charge in [0.15, 0.2) is 11.5 Å². The molecular formula is C27H27N3O5S2. The highest BCUT2D eigenvalue weighted by molar-refractivity contribution is 7.89. The summed E-state index contributed by atoms with van der Waals surface area (Å²) in [5.74, 6) is 0.325. The first-order chi connectivity index (χ1) is 17.9. The molecule has 2 heterocycles. The quantitative estimate of drug-likeness (QED) is 0.283. The van der Waals surface area contributed by atoms with Crippen molar-refractivity contribution < 1.29 is 22.7 Å². The zero-order valence-corrected chi connectivity index (χ0v) is 22.1. The number of carbonyl (C=O) groups excluding carboxylic acids is 1. The number of rotatable bonds is 11. The number of methoxy groups -OCH3 is 1. The number of anilines is 2. The van der Waals surface area contributed by atoms with Gasteiger partial charge in [0.25, 0.3) is 5.91 Å². The molecule has 0 saturated carbocycles. The van der Waals surface area contributed by atoms with Crippen LogP contribution in [0.15, 0.2) is 84.5 Å². The summed E-state index contributed by atoms with van der Waals surface area (Å²) in [7, 11) is -2.22. The summed E-state index contributed by atoms with van der Waals surface area (Å²) >= 11 is 1.33.